The van der Waals surface area contributed by atoms with Crippen molar-refractivity contribution in [2.75, 3.05) is 19.0 Å². The molecule has 1 rings (SSSR count). The van der Waals surface area contributed by atoms with E-state index in [1.807, 2.05) is 45.0 Å². The lowest BCUT2D eigenvalue weighted by Crippen LogP contribution is -2.42. The fourth-order valence-electron chi connectivity index (χ4n) is 1.93. The van der Waals surface area contributed by atoms with Crippen LogP contribution in [-0.4, -0.2) is 31.6 Å². The summed E-state index contributed by atoms with van der Waals surface area (Å²) < 4.78 is 4.74. The van der Waals surface area contributed by atoms with Gasteiger partial charge in [0.05, 0.1) is 13.7 Å². The van der Waals surface area contributed by atoms with Gasteiger partial charge >= 0.3 is 5.97 Å². The van der Waals surface area contributed by atoms with Gasteiger partial charge in [0.2, 0.25) is 5.91 Å². The number of ether oxygens (including phenoxy) is 1. The van der Waals surface area contributed by atoms with Crippen molar-refractivity contribution in [1.82, 2.24) is 5.32 Å². The van der Waals surface area contributed by atoms with Crippen LogP contribution in [0.5, 0.6) is 0 Å². The Labute approximate surface area is 126 Å². The van der Waals surface area contributed by atoms with Crippen LogP contribution in [0.25, 0.3) is 0 Å². The predicted octanol–water partition coefficient (Wildman–Crippen LogP) is 2.11. The number of rotatable bonds is 7. The zero-order chi connectivity index (χ0) is 15.8. The first-order chi connectivity index (χ1) is 9.92. The van der Waals surface area contributed by atoms with Crippen molar-refractivity contribution in [3.63, 3.8) is 0 Å². The highest BCUT2D eigenvalue weighted by Gasteiger charge is 2.20. The van der Waals surface area contributed by atoms with Gasteiger partial charge in [-0.05, 0) is 31.4 Å². The lowest BCUT2D eigenvalue weighted by Gasteiger charge is -2.18. The molecule has 0 heterocycles. The van der Waals surface area contributed by atoms with Gasteiger partial charge < -0.3 is 10.1 Å². The van der Waals surface area contributed by atoms with Crippen molar-refractivity contribution in [2.24, 2.45) is 5.92 Å². The summed E-state index contributed by atoms with van der Waals surface area (Å²) in [5.74, 6) is -0.190. The van der Waals surface area contributed by atoms with Crippen LogP contribution in [0.3, 0.4) is 0 Å². The molecule has 0 aliphatic carbocycles. The van der Waals surface area contributed by atoms with Crippen molar-refractivity contribution in [3.05, 3.63) is 29.8 Å². The molecule has 0 aromatic heterocycles. The SMILES string of the molecule is COC(=O)C(CC(C)C)NCC(=O)Nc1ccc(C)cc1. The van der Waals surface area contributed by atoms with Gasteiger partial charge in [0.25, 0.3) is 0 Å². The van der Waals surface area contributed by atoms with Gasteiger partial charge in [-0.2, -0.15) is 0 Å². The van der Waals surface area contributed by atoms with Gasteiger partial charge in [-0.15, -0.1) is 0 Å². The average molecular weight is 292 g/mol. The smallest absolute Gasteiger partial charge is 0.322 e. The zero-order valence-electron chi connectivity index (χ0n) is 13.1. The number of hydrogen-bond acceptors (Lipinski definition) is 4. The number of esters is 1. The van der Waals surface area contributed by atoms with Crippen LogP contribution in [-0.2, 0) is 14.3 Å². The van der Waals surface area contributed by atoms with E-state index in [0.29, 0.717) is 12.3 Å². The number of hydrogen-bond donors (Lipinski definition) is 2. The first-order valence-corrected chi connectivity index (χ1v) is 7.10. The molecule has 0 fully saturated rings. The molecule has 1 atom stereocenters. The molecule has 116 valence electrons. The van der Waals surface area contributed by atoms with Crippen LogP contribution < -0.4 is 10.6 Å². The molecule has 1 unspecified atom stereocenters. The lowest BCUT2D eigenvalue weighted by molar-refractivity contribution is -0.143. The van der Waals surface area contributed by atoms with E-state index in [4.69, 9.17) is 4.74 Å². The maximum absolute atomic E-state index is 11.9. The Kier molecular flexibility index (Phi) is 6.88. The van der Waals surface area contributed by atoms with Gasteiger partial charge in [0.1, 0.15) is 6.04 Å². The Morgan fingerprint density at radius 3 is 2.33 bits per heavy atom. The Morgan fingerprint density at radius 2 is 1.81 bits per heavy atom. The molecule has 1 amide bonds. The second-order valence-corrected chi connectivity index (χ2v) is 5.50. The molecule has 1 aromatic carbocycles. The average Bonchev–Trinajstić information content (AvgIpc) is 2.44. The second kappa shape index (κ2) is 8.42. The quantitative estimate of drug-likeness (QED) is 0.755. The molecule has 5 nitrogen and oxygen atoms in total. The number of benzene rings is 1. The maximum Gasteiger partial charge on any atom is 0.322 e. The van der Waals surface area contributed by atoms with Crippen molar-refractivity contribution >= 4 is 17.6 Å². The largest absolute Gasteiger partial charge is 0.468 e. The van der Waals surface area contributed by atoms with Gasteiger partial charge in [-0.1, -0.05) is 31.5 Å². The molecular formula is C16H24N2O3. The minimum absolute atomic E-state index is 0.0698. The first kappa shape index (κ1) is 17.2. The Morgan fingerprint density at radius 1 is 1.19 bits per heavy atom. The fraction of sp³-hybridized carbons (Fsp3) is 0.500. The summed E-state index contributed by atoms with van der Waals surface area (Å²) in [5, 5.41) is 5.73. The molecule has 0 radical (unpaired) electrons. The Balaban J connectivity index is 2.49. The summed E-state index contributed by atoms with van der Waals surface area (Å²) in [6, 6.07) is 7.09. The normalized spacial score (nSPS) is 12.0. The molecule has 0 spiro atoms. The van der Waals surface area contributed by atoms with E-state index in [2.05, 4.69) is 10.6 Å². The van der Waals surface area contributed by atoms with Gasteiger partial charge in [0, 0.05) is 5.69 Å². The Hall–Kier alpha value is -1.88. The molecule has 0 aliphatic rings. The standard InChI is InChI=1S/C16H24N2O3/c1-11(2)9-14(16(20)21-4)17-10-15(19)18-13-7-5-12(3)6-8-13/h5-8,11,14,17H,9-10H2,1-4H3,(H,18,19). The van der Waals surface area contributed by atoms with E-state index < -0.39 is 6.04 Å². The summed E-state index contributed by atoms with van der Waals surface area (Å²) in [6.45, 7) is 6.09. The zero-order valence-corrected chi connectivity index (χ0v) is 13.1. The minimum Gasteiger partial charge on any atom is -0.468 e. The number of carbonyl (C=O) groups excluding carboxylic acids is 2. The number of methoxy groups -OCH3 is 1. The van der Waals surface area contributed by atoms with Crippen LogP contribution in [0.4, 0.5) is 5.69 Å². The van der Waals surface area contributed by atoms with E-state index >= 15 is 0 Å². The van der Waals surface area contributed by atoms with E-state index in [0.717, 1.165) is 11.3 Å². The predicted molar refractivity (Wildman–Crippen MR) is 83.1 cm³/mol. The highest BCUT2D eigenvalue weighted by Crippen LogP contribution is 2.09. The summed E-state index contributed by atoms with van der Waals surface area (Å²) in [7, 11) is 1.35. The molecule has 5 heteroatoms. The van der Waals surface area contributed by atoms with E-state index in [9.17, 15) is 9.59 Å². The number of amides is 1. The van der Waals surface area contributed by atoms with Gasteiger partial charge in [-0.3, -0.25) is 14.9 Å². The van der Waals surface area contributed by atoms with Crippen molar-refractivity contribution in [2.45, 2.75) is 33.2 Å². The van der Waals surface area contributed by atoms with Crippen LogP contribution >= 0.6 is 0 Å². The molecular weight excluding hydrogens is 268 g/mol. The summed E-state index contributed by atoms with van der Waals surface area (Å²) in [4.78, 5) is 23.5. The van der Waals surface area contributed by atoms with Crippen LogP contribution in [0.1, 0.15) is 25.8 Å². The van der Waals surface area contributed by atoms with E-state index in [1.165, 1.54) is 7.11 Å². The van der Waals surface area contributed by atoms with Gasteiger partial charge in [-0.25, -0.2) is 0 Å². The molecule has 0 saturated carbocycles. The topological polar surface area (TPSA) is 67.4 Å². The maximum atomic E-state index is 11.9. The molecule has 21 heavy (non-hydrogen) atoms. The molecule has 0 bridgehead atoms. The Bertz CT molecular complexity index is 469. The fourth-order valence-corrected chi connectivity index (χ4v) is 1.93. The highest BCUT2D eigenvalue weighted by molar-refractivity contribution is 5.92. The van der Waals surface area contributed by atoms with Gasteiger partial charge in [0.15, 0.2) is 0 Å². The summed E-state index contributed by atoms with van der Waals surface area (Å²) in [6.07, 6.45) is 0.629. The summed E-state index contributed by atoms with van der Waals surface area (Å²) in [5.41, 5.74) is 1.87. The molecule has 2 N–H and O–H groups in total. The third-order valence-electron chi connectivity index (χ3n) is 3.04. The third kappa shape index (κ3) is 6.40. The molecule has 0 aliphatic heterocycles. The minimum atomic E-state index is -0.459. The summed E-state index contributed by atoms with van der Waals surface area (Å²) >= 11 is 0. The van der Waals surface area contributed by atoms with Crippen molar-refractivity contribution < 1.29 is 14.3 Å². The molecule has 1 aromatic rings. The highest BCUT2D eigenvalue weighted by atomic mass is 16.5. The second-order valence-electron chi connectivity index (χ2n) is 5.50. The lowest BCUT2D eigenvalue weighted by atomic mass is 10.0. The van der Waals surface area contributed by atoms with Crippen molar-refractivity contribution in [3.8, 4) is 0 Å². The number of aryl methyl sites for hydroxylation is 1. The number of anilines is 1. The monoisotopic (exact) mass is 292 g/mol. The van der Waals surface area contributed by atoms with Crippen LogP contribution in [0, 0.1) is 12.8 Å². The molecule has 0 saturated heterocycles. The van der Waals surface area contributed by atoms with Crippen LogP contribution in [0.15, 0.2) is 24.3 Å². The van der Waals surface area contributed by atoms with Crippen LogP contribution in [0.2, 0.25) is 0 Å². The van der Waals surface area contributed by atoms with E-state index in [1.54, 1.807) is 0 Å². The number of nitrogens with one attached hydrogen (secondary N) is 2. The first-order valence-electron chi connectivity index (χ1n) is 7.10. The van der Waals surface area contributed by atoms with E-state index in [-0.39, 0.29) is 18.4 Å². The third-order valence-corrected chi connectivity index (χ3v) is 3.04. The van der Waals surface area contributed by atoms with Crippen molar-refractivity contribution in [1.29, 1.82) is 0 Å². The number of carbonyl (C=O) groups is 2.